The Morgan fingerprint density at radius 1 is 1.03 bits per heavy atom. The van der Waals surface area contributed by atoms with Crippen molar-refractivity contribution in [2.45, 2.75) is 0 Å². The maximum atomic E-state index is 12.9. The summed E-state index contributed by atoms with van der Waals surface area (Å²) < 4.78 is 10.5. The van der Waals surface area contributed by atoms with Gasteiger partial charge in [-0.1, -0.05) is 41.9 Å². The van der Waals surface area contributed by atoms with E-state index < -0.39 is 23.6 Å². The number of nitrogens with zero attached hydrogens (tertiary/aromatic N) is 1. The zero-order valence-corrected chi connectivity index (χ0v) is 19.3. The monoisotopic (exact) mass is 482 g/mol. The number of anilines is 1. The third-order valence-electron chi connectivity index (χ3n) is 5.04. The number of methoxy groups -OCH3 is 2. The number of benzene rings is 3. The van der Waals surface area contributed by atoms with Crippen LogP contribution >= 0.6 is 23.4 Å². The fourth-order valence-corrected chi connectivity index (χ4v) is 4.55. The Labute approximate surface area is 199 Å². The van der Waals surface area contributed by atoms with Gasteiger partial charge in [0.1, 0.15) is 18.0 Å². The van der Waals surface area contributed by atoms with Crippen LogP contribution in [0.5, 0.6) is 11.5 Å². The van der Waals surface area contributed by atoms with Crippen LogP contribution in [0.4, 0.5) is 10.5 Å². The fraction of sp³-hybridized carbons (Fsp3) is 0.125. The first-order chi connectivity index (χ1) is 15.9. The average molecular weight is 483 g/mol. The SMILES string of the molecule is COc1ccc(NC(=O)CN2C(=O)SC(=Cc3ccc(OC)c4ccccc34)C2=O)cc1Cl. The molecule has 0 bridgehead atoms. The smallest absolute Gasteiger partial charge is 0.294 e. The predicted octanol–water partition coefficient (Wildman–Crippen LogP) is 5.19. The molecule has 7 nitrogen and oxygen atoms in total. The summed E-state index contributed by atoms with van der Waals surface area (Å²) in [5.74, 6) is 0.144. The lowest BCUT2D eigenvalue weighted by Crippen LogP contribution is -2.36. The van der Waals surface area contributed by atoms with Crippen molar-refractivity contribution < 1.29 is 23.9 Å². The molecule has 1 aliphatic heterocycles. The Morgan fingerprint density at radius 3 is 2.42 bits per heavy atom. The molecule has 168 valence electrons. The van der Waals surface area contributed by atoms with Crippen molar-refractivity contribution in [3.63, 3.8) is 0 Å². The molecule has 3 amide bonds. The molecule has 1 fully saturated rings. The van der Waals surface area contributed by atoms with Gasteiger partial charge >= 0.3 is 0 Å². The number of rotatable bonds is 6. The molecule has 0 radical (unpaired) electrons. The van der Waals surface area contributed by atoms with E-state index in [-0.39, 0.29) is 4.91 Å². The first kappa shape index (κ1) is 22.7. The third-order valence-corrected chi connectivity index (χ3v) is 6.24. The minimum Gasteiger partial charge on any atom is -0.496 e. The quantitative estimate of drug-likeness (QED) is 0.487. The van der Waals surface area contributed by atoms with Gasteiger partial charge in [-0.3, -0.25) is 19.3 Å². The lowest BCUT2D eigenvalue weighted by atomic mass is 10.0. The number of amides is 3. The van der Waals surface area contributed by atoms with Gasteiger partial charge in [0.15, 0.2) is 0 Å². The Balaban J connectivity index is 1.52. The molecule has 4 rings (SSSR count). The number of carbonyl (C=O) groups excluding carboxylic acids is 3. The molecule has 0 aromatic heterocycles. The Hall–Kier alpha value is -3.49. The van der Waals surface area contributed by atoms with E-state index in [1.54, 1.807) is 25.3 Å². The summed E-state index contributed by atoms with van der Waals surface area (Å²) in [5, 5.41) is 4.24. The summed E-state index contributed by atoms with van der Waals surface area (Å²) in [4.78, 5) is 39.0. The van der Waals surface area contributed by atoms with E-state index in [0.29, 0.717) is 22.2 Å². The van der Waals surface area contributed by atoms with Crippen molar-refractivity contribution in [2.24, 2.45) is 0 Å². The number of carbonyl (C=O) groups is 3. The Morgan fingerprint density at radius 2 is 1.73 bits per heavy atom. The van der Waals surface area contributed by atoms with Gasteiger partial charge in [-0.2, -0.15) is 0 Å². The lowest BCUT2D eigenvalue weighted by molar-refractivity contribution is -0.127. The van der Waals surface area contributed by atoms with E-state index >= 15 is 0 Å². The summed E-state index contributed by atoms with van der Waals surface area (Å²) in [6, 6.07) is 16.0. The first-order valence-electron chi connectivity index (χ1n) is 9.85. The number of hydrogen-bond acceptors (Lipinski definition) is 6. The van der Waals surface area contributed by atoms with Crippen LogP contribution in [0.1, 0.15) is 5.56 Å². The van der Waals surface area contributed by atoms with Crippen molar-refractivity contribution >= 4 is 63.0 Å². The van der Waals surface area contributed by atoms with Gasteiger partial charge in [0.05, 0.1) is 24.1 Å². The van der Waals surface area contributed by atoms with Crippen LogP contribution in [0.25, 0.3) is 16.8 Å². The molecule has 1 heterocycles. The van der Waals surface area contributed by atoms with E-state index in [4.69, 9.17) is 21.1 Å². The second kappa shape index (κ2) is 9.56. The lowest BCUT2D eigenvalue weighted by Gasteiger charge is -2.13. The number of thioether (sulfide) groups is 1. The van der Waals surface area contributed by atoms with Crippen LogP contribution in [0.2, 0.25) is 5.02 Å². The van der Waals surface area contributed by atoms with Crippen molar-refractivity contribution in [1.82, 2.24) is 4.90 Å². The largest absolute Gasteiger partial charge is 0.496 e. The zero-order chi connectivity index (χ0) is 23.5. The maximum Gasteiger partial charge on any atom is 0.294 e. The topological polar surface area (TPSA) is 84.9 Å². The van der Waals surface area contributed by atoms with Crippen molar-refractivity contribution in [3.8, 4) is 11.5 Å². The molecule has 0 saturated carbocycles. The van der Waals surface area contributed by atoms with Crippen molar-refractivity contribution in [3.05, 3.63) is 70.1 Å². The highest BCUT2D eigenvalue weighted by Crippen LogP contribution is 2.35. The molecule has 3 aromatic rings. The minimum absolute atomic E-state index is 0.246. The molecular weight excluding hydrogens is 464 g/mol. The maximum absolute atomic E-state index is 12.9. The van der Waals surface area contributed by atoms with Crippen molar-refractivity contribution in [2.75, 3.05) is 26.1 Å². The Bertz CT molecular complexity index is 1310. The van der Waals surface area contributed by atoms with Gasteiger partial charge in [-0.05, 0) is 53.1 Å². The van der Waals surface area contributed by atoms with Crippen LogP contribution in [-0.4, -0.2) is 42.7 Å². The highest BCUT2D eigenvalue weighted by Gasteiger charge is 2.36. The van der Waals surface area contributed by atoms with Gasteiger partial charge in [0.2, 0.25) is 5.91 Å². The van der Waals surface area contributed by atoms with E-state index in [1.165, 1.54) is 13.2 Å². The molecule has 1 aliphatic rings. The molecule has 9 heteroatoms. The van der Waals surface area contributed by atoms with Gasteiger partial charge in [0, 0.05) is 11.1 Å². The minimum atomic E-state index is -0.521. The number of nitrogens with one attached hydrogen (secondary N) is 1. The van der Waals surface area contributed by atoms with Gasteiger partial charge in [-0.25, -0.2) is 0 Å². The van der Waals surface area contributed by atoms with Crippen LogP contribution < -0.4 is 14.8 Å². The van der Waals surface area contributed by atoms with E-state index in [1.807, 2.05) is 36.4 Å². The normalized spacial score (nSPS) is 14.8. The second-order valence-corrected chi connectivity index (χ2v) is 8.47. The fourth-order valence-electron chi connectivity index (χ4n) is 3.46. The number of ether oxygens (including phenoxy) is 2. The van der Waals surface area contributed by atoms with Gasteiger partial charge in [0.25, 0.3) is 11.1 Å². The molecule has 0 atom stereocenters. The molecule has 0 unspecified atom stereocenters. The van der Waals surface area contributed by atoms with Gasteiger partial charge < -0.3 is 14.8 Å². The standard InChI is InChI=1S/C24H19ClN2O5S/c1-31-19-9-7-14(16-5-3-4-6-17(16)19)11-21-23(29)27(24(30)33-21)13-22(28)26-15-8-10-20(32-2)18(25)12-15/h3-12H,13H2,1-2H3,(H,26,28). The summed E-state index contributed by atoms with van der Waals surface area (Å²) >= 11 is 6.87. The second-order valence-electron chi connectivity index (χ2n) is 7.07. The van der Waals surface area contributed by atoms with Crippen LogP contribution in [0.15, 0.2) is 59.5 Å². The van der Waals surface area contributed by atoms with E-state index in [0.717, 1.165) is 33.0 Å². The molecule has 0 spiro atoms. The summed E-state index contributed by atoms with van der Waals surface area (Å²) in [5.41, 5.74) is 1.20. The van der Waals surface area contributed by atoms with E-state index in [9.17, 15) is 14.4 Å². The van der Waals surface area contributed by atoms with Crippen molar-refractivity contribution in [1.29, 1.82) is 0 Å². The Kier molecular flexibility index (Phi) is 6.57. The summed E-state index contributed by atoms with van der Waals surface area (Å²) in [7, 11) is 3.08. The third kappa shape index (κ3) is 4.67. The van der Waals surface area contributed by atoms with Gasteiger partial charge in [-0.15, -0.1) is 0 Å². The van der Waals surface area contributed by atoms with Crippen LogP contribution in [-0.2, 0) is 9.59 Å². The van der Waals surface area contributed by atoms with Crippen LogP contribution in [0.3, 0.4) is 0 Å². The highest BCUT2D eigenvalue weighted by atomic mass is 35.5. The molecule has 33 heavy (non-hydrogen) atoms. The average Bonchev–Trinajstić information content (AvgIpc) is 3.06. The number of hydrogen-bond donors (Lipinski definition) is 1. The number of imide groups is 1. The molecule has 1 N–H and O–H groups in total. The molecule has 1 saturated heterocycles. The van der Waals surface area contributed by atoms with E-state index in [2.05, 4.69) is 5.32 Å². The number of fused-ring (bicyclic) bond motifs is 1. The summed E-state index contributed by atoms with van der Waals surface area (Å²) in [6.07, 6.45) is 1.66. The predicted molar refractivity (Wildman–Crippen MR) is 130 cm³/mol. The zero-order valence-electron chi connectivity index (χ0n) is 17.8. The molecular formula is C24H19ClN2O5S. The highest BCUT2D eigenvalue weighted by molar-refractivity contribution is 8.18. The van der Waals surface area contributed by atoms with Crippen LogP contribution in [0, 0.1) is 0 Å². The summed E-state index contributed by atoms with van der Waals surface area (Å²) in [6.45, 7) is -0.408. The number of halogens is 1. The molecule has 3 aromatic carbocycles. The first-order valence-corrected chi connectivity index (χ1v) is 11.0. The molecule has 0 aliphatic carbocycles.